The van der Waals surface area contributed by atoms with Crippen molar-refractivity contribution in [3.8, 4) is 0 Å². The number of carbonyl (C=O) groups excluding carboxylic acids is 1. The number of rotatable bonds is 4. The molecule has 1 aromatic carbocycles. The van der Waals surface area contributed by atoms with Crippen LogP contribution in [0, 0.1) is 10.1 Å². The topological polar surface area (TPSA) is 76.6 Å². The average Bonchev–Trinajstić information content (AvgIpc) is 2.95. The van der Waals surface area contributed by atoms with E-state index >= 15 is 0 Å². The van der Waals surface area contributed by atoms with Gasteiger partial charge in [-0.15, -0.1) is 0 Å². The van der Waals surface area contributed by atoms with Gasteiger partial charge >= 0.3 is 12.1 Å². The Morgan fingerprint density at radius 3 is 2.57 bits per heavy atom. The molecule has 6 nitrogen and oxygen atoms in total. The molecule has 1 amide bonds. The molecule has 0 unspecified atom stereocenters. The molecule has 0 fully saturated rings. The van der Waals surface area contributed by atoms with Gasteiger partial charge in [0.1, 0.15) is 4.92 Å². The lowest BCUT2D eigenvalue weighted by Gasteiger charge is -2.16. The van der Waals surface area contributed by atoms with Gasteiger partial charge in [0.2, 0.25) is 0 Å². The van der Waals surface area contributed by atoms with Crippen LogP contribution in [-0.2, 0) is 12.7 Å². The molecule has 9 heteroatoms. The fourth-order valence-corrected chi connectivity index (χ4v) is 1.92. The first kappa shape index (κ1) is 16.5. The molecule has 2 rings (SSSR count). The third-order valence-electron chi connectivity index (χ3n) is 3.00. The molecule has 0 spiro atoms. The molecule has 0 saturated heterocycles. The molecule has 0 aliphatic rings. The zero-order valence-electron chi connectivity index (χ0n) is 11.8. The molecule has 0 aliphatic heterocycles. The predicted octanol–water partition coefficient (Wildman–Crippen LogP) is 3.48. The quantitative estimate of drug-likeness (QED) is 0.636. The van der Waals surface area contributed by atoms with Gasteiger partial charge in [0.05, 0.1) is 11.6 Å². The van der Waals surface area contributed by atoms with E-state index in [4.69, 9.17) is 4.42 Å². The minimum atomic E-state index is -4.47. The number of hydrogen-bond acceptors (Lipinski definition) is 4. The smallest absolute Gasteiger partial charge is 0.395 e. The highest BCUT2D eigenvalue weighted by Gasteiger charge is 2.30. The second kappa shape index (κ2) is 6.11. The Labute approximate surface area is 128 Å². The van der Waals surface area contributed by atoms with Gasteiger partial charge in [0.25, 0.3) is 5.91 Å². The summed E-state index contributed by atoms with van der Waals surface area (Å²) in [5.41, 5.74) is -0.541. The molecule has 0 aliphatic carbocycles. The number of carbonyl (C=O) groups is 1. The van der Waals surface area contributed by atoms with E-state index in [1.807, 2.05) is 0 Å². The van der Waals surface area contributed by atoms with Crippen molar-refractivity contribution in [2.45, 2.75) is 12.7 Å². The Morgan fingerprint density at radius 2 is 2.00 bits per heavy atom. The Kier molecular flexibility index (Phi) is 4.39. The van der Waals surface area contributed by atoms with Crippen LogP contribution in [0.3, 0.4) is 0 Å². The van der Waals surface area contributed by atoms with Crippen molar-refractivity contribution in [2.75, 3.05) is 7.05 Å². The van der Waals surface area contributed by atoms with E-state index in [-0.39, 0.29) is 17.9 Å². The normalized spacial score (nSPS) is 11.3. The van der Waals surface area contributed by atoms with E-state index < -0.39 is 28.5 Å². The molecule has 23 heavy (non-hydrogen) atoms. The second-order valence-corrected chi connectivity index (χ2v) is 4.75. The molecule has 2 aromatic rings. The molecule has 1 heterocycles. The van der Waals surface area contributed by atoms with E-state index in [0.29, 0.717) is 0 Å². The van der Waals surface area contributed by atoms with Crippen LogP contribution < -0.4 is 0 Å². The largest absolute Gasteiger partial charge is 0.433 e. The highest BCUT2D eigenvalue weighted by molar-refractivity contribution is 5.91. The van der Waals surface area contributed by atoms with Crippen molar-refractivity contribution in [1.82, 2.24) is 4.90 Å². The molecule has 0 atom stereocenters. The van der Waals surface area contributed by atoms with Crippen LogP contribution in [0.5, 0.6) is 0 Å². The maximum absolute atomic E-state index is 12.6. The van der Waals surface area contributed by atoms with E-state index in [1.165, 1.54) is 19.2 Å². The molecular formula is C14H11F3N2O4. The van der Waals surface area contributed by atoms with Crippen LogP contribution in [-0.4, -0.2) is 22.8 Å². The van der Waals surface area contributed by atoms with Gasteiger partial charge in [-0.1, -0.05) is 12.1 Å². The summed E-state index contributed by atoms with van der Waals surface area (Å²) in [6.45, 7) is -0.0999. The Morgan fingerprint density at radius 1 is 1.30 bits per heavy atom. The lowest BCUT2D eigenvalue weighted by atomic mass is 10.1. The lowest BCUT2D eigenvalue weighted by molar-refractivity contribution is -0.402. The lowest BCUT2D eigenvalue weighted by Crippen LogP contribution is -2.26. The van der Waals surface area contributed by atoms with Crippen LogP contribution in [0.2, 0.25) is 0 Å². The first-order valence-electron chi connectivity index (χ1n) is 6.34. The molecule has 0 bridgehead atoms. The monoisotopic (exact) mass is 328 g/mol. The van der Waals surface area contributed by atoms with E-state index in [0.717, 1.165) is 29.2 Å². The summed E-state index contributed by atoms with van der Waals surface area (Å²) < 4.78 is 42.7. The number of nitro groups is 1. The van der Waals surface area contributed by atoms with Gasteiger partial charge < -0.3 is 9.32 Å². The standard InChI is InChI=1S/C14H11F3N2O4/c1-18(13(20)11-5-6-12(23-11)19(21)22)8-9-3-2-4-10(7-9)14(15,16)17/h2-7H,8H2,1H3. The van der Waals surface area contributed by atoms with Gasteiger partial charge in [0.15, 0.2) is 5.76 Å². The summed E-state index contributed by atoms with van der Waals surface area (Å²) in [5.74, 6) is -1.51. The molecule has 0 N–H and O–H groups in total. The third-order valence-corrected chi connectivity index (χ3v) is 3.00. The maximum Gasteiger partial charge on any atom is 0.433 e. The fraction of sp³-hybridized carbons (Fsp3) is 0.214. The first-order chi connectivity index (χ1) is 10.7. The second-order valence-electron chi connectivity index (χ2n) is 4.75. The number of halogens is 3. The summed E-state index contributed by atoms with van der Waals surface area (Å²) >= 11 is 0. The summed E-state index contributed by atoms with van der Waals surface area (Å²) in [7, 11) is 1.36. The zero-order valence-corrected chi connectivity index (χ0v) is 11.8. The third kappa shape index (κ3) is 3.87. The number of amides is 1. The van der Waals surface area contributed by atoms with Crippen LogP contribution in [0.15, 0.2) is 40.8 Å². The zero-order chi connectivity index (χ0) is 17.2. The van der Waals surface area contributed by atoms with E-state index in [9.17, 15) is 28.1 Å². The summed E-state index contributed by atoms with van der Waals surface area (Å²) in [4.78, 5) is 22.9. The van der Waals surface area contributed by atoms with Gasteiger partial charge in [-0.05, 0) is 23.8 Å². The van der Waals surface area contributed by atoms with Gasteiger partial charge in [-0.25, -0.2) is 0 Å². The van der Waals surface area contributed by atoms with E-state index in [2.05, 4.69) is 0 Å². The molecule has 0 saturated carbocycles. The summed E-state index contributed by atoms with van der Waals surface area (Å²) in [5, 5.41) is 10.5. The average molecular weight is 328 g/mol. The van der Waals surface area contributed by atoms with Gasteiger partial charge in [0, 0.05) is 13.6 Å². The predicted molar refractivity (Wildman–Crippen MR) is 72.6 cm³/mol. The number of furan rings is 1. The molecule has 0 radical (unpaired) electrons. The SMILES string of the molecule is CN(Cc1cccc(C(F)(F)F)c1)C(=O)c1ccc([N+](=O)[O-])o1. The van der Waals surface area contributed by atoms with Gasteiger partial charge in [-0.2, -0.15) is 13.2 Å². The molecule has 122 valence electrons. The minimum absolute atomic E-state index is 0.0999. The highest BCUT2D eigenvalue weighted by atomic mass is 19.4. The van der Waals surface area contributed by atoms with Crippen LogP contribution in [0.4, 0.5) is 19.1 Å². The van der Waals surface area contributed by atoms with Crippen molar-refractivity contribution < 1.29 is 27.3 Å². The van der Waals surface area contributed by atoms with Gasteiger partial charge in [-0.3, -0.25) is 14.9 Å². The summed E-state index contributed by atoms with van der Waals surface area (Å²) in [6, 6.07) is 6.74. The number of alkyl halides is 3. The van der Waals surface area contributed by atoms with Crippen molar-refractivity contribution in [2.24, 2.45) is 0 Å². The summed E-state index contributed by atoms with van der Waals surface area (Å²) in [6.07, 6.45) is -4.47. The number of nitrogens with zero attached hydrogens (tertiary/aromatic N) is 2. The molecular weight excluding hydrogens is 317 g/mol. The van der Waals surface area contributed by atoms with Crippen LogP contribution in [0.25, 0.3) is 0 Å². The van der Waals surface area contributed by atoms with Crippen molar-refractivity contribution >= 4 is 11.8 Å². The van der Waals surface area contributed by atoms with Crippen LogP contribution >= 0.6 is 0 Å². The number of hydrogen-bond donors (Lipinski definition) is 0. The van der Waals surface area contributed by atoms with Crippen molar-refractivity contribution in [3.63, 3.8) is 0 Å². The Hall–Kier alpha value is -2.84. The van der Waals surface area contributed by atoms with E-state index in [1.54, 1.807) is 0 Å². The Balaban J connectivity index is 2.13. The number of benzene rings is 1. The highest BCUT2D eigenvalue weighted by Crippen LogP contribution is 2.29. The first-order valence-corrected chi connectivity index (χ1v) is 6.34. The van der Waals surface area contributed by atoms with Crippen molar-refractivity contribution in [1.29, 1.82) is 0 Å². The maximum atomic E-state index is 12.6. The minimum Gasteiger partial charge on any atom is -0.395 e. The van der Waals surface area contributed by atoms with Crippen molar-refractivity contribution in [3.05, 3.63) is 63.4 Å². The van der Waals surface area contributed by atoms with Crippen LogP contribution in [0.1, 0.15) is 21.7 Å². The fourth-order valence-electron chi connectivity index (χ4n) is 1.92. The molecule has 1 aromatic heterocycles. The Bertz CT molecular complexity index is 740.